The van der Waals surface area contributed by atoms with Crippen LogP contribution in [-0.2, 0) is 27.3 Å². The Morgan fingerprint density at radius 3 is 2.42 bits per heavy atom. The average molecular weight is 642 g/mol. The van der Waals surface area contributed by atoms with Crippen LogP contribution in [0.15, 0.2) is 29.7 Å². The van der Waals surface area contributed by atoms with Crippen molar-refractivity contribution in [1.82, 2.24) is 9.80 Å². The van der Waals surface area contributed by atoms with Gasteiger partial charge in [-0.2, -0.15) is 8.78 Å². The maximum atomic E-state index is 14.7. The molecule has 0 aromatic carbocycles. The maximum Gasteiger partial charge on any atom is 0.479 e. The summed E-state index contributed by atoms with van der Waals surface area (Å²) in [4.78, 5) is 45.4. The van der Waals surface area contributed by atoms with Crippen LogP contribution in [0.4, 0.5) is 8.78 Å². The molecule has 6 atom stereocenters. The Hall–Kier alpha value is -1.10. The fraction of sp³-hybridized carbons (Fsp3) is 0.737. The van der Waals surface area contributed by atoms with E-state index in [1.54, 1.807) is 0 Å². The summed E-state index contributed by atoms with van der Waals surface area (Å²) >= 11 is 0. The normalized spacial score (nSPS) is 27.8. The molecule has 40 heavy (non-hydrogen) atoms. The Bertz CT molecular complexity index is 1140. The number of phosphoric acid groups is 1. The standard InChI is InChI=1S/C19H35F2N4O12P3/c1-4-5-6-9-24(3)11-8-18(27,38(28,29)30)39(31,32)37-40(33,34)35-12-14-16(26)19(20,21)17(36-14)25-10-7-15(22)23-13(25)2/h7,10,14,16-17,26-27H,2,4-6,8-9,11-12H2,1,3H3,(H2,22,23)(H,31,32)(H,33,34)(H2,28,29,30)/t14-,16?,17-,18?/m1/s1. The van der Waals surface area contributed by atoms with Gasteiger partial charge in [0.1, 0.15) is 17.8 Å². The van der Waals surface area contributed by atoms with Crippen molar-refractivity contribution in [1.29, 1.82) is 0 Å². The number of unbranched alkanes of at least 4 members (excludes halogenated alkanes) is 2. The number of ether oxygens (including phenoxy) is 1. The number of phosphoric ester groups is 1. The molecule has 232 valence electrons. The second-order valence-electron chi connectivity index (χ2n) is 9.27. The highest BCUT2D eigenvalue weighted by atomic mass is 31.3. The van der Waals surface area contributed by atoms with Crippen LogP contribution in [0, 0.1) is 0 Å². The quantitative estimate of drug-likeness (QED) is 0.0974. The fourth-order valence-electron chi connectivity index (χ4n) is 3.74. The molecule has 0 radical (unpaired) electrons. The minimum absolute atomic E-state index is 0.0480. The first kappa shape index (κ1) is 35.1. The summed E-state index contributed by atoms with van der Waals surface area (Å²) in [6.07, 6.45) is -3.32. The van der Waals surface area contributed by atoms with Gasteiger partial charge in [-0.05, 0) is 26.1 Å². The smallest absolute Gasteiger partial charge is 0.384 e. The summed E-state index contributed by atoms with van der Waals surface area (Å²) in [5, 5.41) is 16.8. The monoisotopic (exact) mass is 642 g/mol. The van der Waals surface area contributed by atoms with Gasteiger partial charge in [0.25, 0.3) is 5.08 Å². The topological polar surface area (TPSA) is 245 Å². The van der Waals surface area contributed by atoms with Crippen molar-refractivity contribution in [3.8, 4) is 0 Å². The van der Waals surface area contributed by atoms with E-state index in [9.17, 15) is 52.3 Å². The summed E-state index contributed by atoms with van der Waals surface area (Å²) in [6, 6.07) is 0. The molecule has 0 spiro atoms. The Labute approximate surface area is 229 Å². The molecule has 1 fully saturated rings. The number of aliphatic hydroxyl groups excluding tert-OH is 1. The largest absolute Gasteiger partial charge is 0.479 e. The highest BCUT2D eigenvalue weighted by Crippen LogP contribution is 2.76. The molecule has 16 nitrogen and oxygen atoms in total. The van der Waals surface area contributed by atoms with Crippen molar-refractivity contribution >= 4 is 28.8 Å². The van der Waals surface area contributed by atoms with Crippen LogP contribution in [0.5, 0.6) is 0 Å². The van der Waals surface area contributed by atoms with Crippen LogP contribution in [-0.4, -0.2) is 102 Å². The number of halogens is 2. The zero-order chi connectivity index (χ0) is 30.7. The minimum Gasteiger partial charge on any atom is -0.384 e. The molecular formula is C19H35F2N4O12P3. The number of nitrogens with zero attached hydrogens (tertiary/aromatic N) is 3. The molecule has 2 heterocycles. The van der Waals surface area contributed by atoms with E-state index in [0.717, 1.165) is 30.0 Å². The third-order valence-corrected chi connectivity index (χ3v) is 12.1. The number of hydrogen-bond donors (Lipinski definition) is 7. The minimum atomic E-state index is -6.08. The summed E-state index contributed by atoms with van der Waals surface area (Å²) < 4.78 is 80.3. The Morgan fingerprint density at radius 2 is 1.88 bits per heavy atom. The Balaban J connectivity index is 2.12. The predicted octanol–water partition coefficient (Wildman–Crippen LogP) is 1.02. The molecule has 2 aliphatic heterocycles. The van der Waals surface area contributed by atoms with Crippen molar-refractivity contribution in [3.05, 3.63) is 24.7 Å². The number of aliphatic hydroxyl groups is 2. The summed E-state index contributed by atoms with van der Waals surface area (Å²) in [7, 11) is -16.2. The van der Waals surface area contributed by atoms with Gasteiger partial charge in [-0.3, -0.25) is 13.7 Å². The van der Waals surface area contributed by atoms with Gasteiger partial charge in [0.05, 0.1) is 6.61 Å². The van der Waals surface area contributed by atoms with E-state index in [1.807, 2.05) is 6.92 Å². The van der Waals surface area contributed by atoms with Crippen LogP contribution >= 0.6 is 23.0 Å². The Kier molecular flexibility index (Phi) is 11.4. The van der Waals surface area contributed by atoms with Gasteiger partial charge >= 0.3 is 28.9 Å². The van der Waals surface area contributed by atoms with Gasteiger partial charge in [-0.25, -0.2) is 13.9 Å². The molecule has 0 saturated carbocycles. The van der Waals surface area contributed by atoms with E-state index in [1.165, 1.54) is 11.9 Å². The van der Waals surface area contributed by atoms with Gasteiger partial charge in [-0.15, -0.1) is 0 Å². The average Bonchev–Trinajstić information content (AvgIpc) is 3.03. The van der Waals surface area contributed by atoms with Crippen LogP contribution in [0.2, 0.25) is 0 Å². The molecule has 0 bridgehead atoms. The third kappa shape index (κ3) is 8.04. The molecule has 21 heteroatoms. The highest BCUT2D eigenvalue weighted by Gasteiger charge is 2.64. The van der Waals surface area contributed by atoms with Crippen molar-refractivity contribution in [2.75, 3.05) is 26.7 Å². The van der Waals surface area contributed by atoms with Crippen molar-refractivity contribution < 1.29 is 65.8 Å². The molecular weight excluding hydrogens is 607 g/mol. The van der Waals surface area contributed by atoms with Crippen molar-refractivity contribution in [2.45, 2.75) is 62.0 Å². The zero-order valence-corrected chi connectivity index (χ0v) is 24.4. The number of aliphatic imine (C=N–C) groups is 1. The van der Waals surface area contributed by atoms with Crippen LogP contribution in [0.25, 0.3) is 0 Å². The second-order valence-corrected chi connectivity index (χ2v) is 15.1. The first-order valence-corrected chi connectivity index (χ1v) is 16.6. The van der Waals surface area contributed by atoms with Gasteiger partial charge in [-0.1, -0.05) is 26.3 Å². The van der Waals surface area contributed by atoms with E-state index in [4.69, 9.17) is 10.5 Å². The molecule has 1 saturated heterocycles. The lowest BCUT2D eigenvalue weighted by Crippen LogP contribution is -2.47. The lowest BCUT2D eigenvalue weighted by atomic mass is 10.1. The van der Waals surface area contributed by atoms with Crippen molar-refractivity contribution in [3.63, 3.8) is 0 Å². The molecule has 2 aliphatic rings. The summed E-state index contributed by atoms with van der Waals surface area (Å²) in [5.41, 5.74) is 5.46. The van der Waals surface area contributed by atoms with Gasteiger partial charge < -0.3 is 50.1 Å². The van der Waals surface area contributed by atoms with E-state index in [0.29, 0.717) is 13.0 Å². The van der Waals surface area contributed by atoms with E-state index >= 15 is 0 Å². The van der Waals surface area contributed by atoms with Crippen molar-refractivity contribution in [2.24, 2.45) is 10.7 Å². The third-order valence-electron chi connectivity index (χ3n) is 6.10. The molecule has 4 unspecified atom stereocenters. The zero-order valence-electron chi connectivity index (χ0n) is 21.7. The summed E-state index contributed by atoms with van der Waals surface area (Å²) in [6.45, 7) is 4.17. The molecule has 0 amide bonds. The lowest BCUT2D eigenvalue weighted by molar-refractivity contribution is -0.148. The number of alkyl halides is 2. The van der Waals surface area contributed by atoms with Gasteiger partial charge in [0.15, 0.2) is 6.10 Å². The van der Waals surface area contributed by atoms with Gasteiger partial charge in [0.2, 0.25) is 6.23 Å². The van der Waals surface area contributed by atoms with Crippen LogP contribution in [0.1, 0.15) is 32.6 Å². The van der Waals surface area contributed by atoms with E-state index in [-0.39, 0.29) is 18.2 Å². The fourth-order valence-corrected chi connectivity index (χ4v) is 8.32. The maximum absolute atomic E-state index is 14.7. The first-order chi connectivity index (χ1) is 18.2. The molecule has 0 aromatic rings. The lowest BCUT2D eigenvalue weighted by Gasteiger charge is -2.33. The summed E-state index contributed by atoms with van der Waals surface area (Å²) in [5.74, 6) is -4.34. The molecule has 8 N–H and O–H groups in total. The SMILES string of the molecule is C=C1N=C(N)C=CN1[C@@H]1O[C@H](COP(=O)(O)OP(=O)(O)C(O)(CCN(C)CCCCC)P(=O)(O)O)C(O)C1(F)F. The highest BCUT2D eigenvalue weighted by molar-refractivity contribution is 7.75. The van der Waals surface area contributed by atoms with E-state index in [2.05, 4.69) is 20.4 Å². The molecule has 0 aliphatic carbocycles. The predicted molar refractivity (Wildman–Crippen MR) is 137 cm³/mol. The van der Waals surface area contributed by atoms with Gasteiger partial charge in [0, 0.05) is 19.2 Å². The number of amidine groups is 1. The van der Waals surface area contributed by atoms with Crippen LogP contribution in [0.3, 0.4) is 0 Å². The number of nitrogens with two attached hydrogens (primary N) is 1. The molecule has 2 rings (SSSR count). The Morgan fingerprint density at radius 1 is 1.25 bits per heavy atom. The van der Waals surface area contributed by atoms with Crippen LogP contribution < -0.4 is 5.73 Å². The molecule has 0 aromatic heterocycles. The van der Waals surface area contributed by atoms with E-state index < -0.39 is 65.5 Å². The number of hydrogen-bond acceptors (Lipinski definition) is 12. The first-order valence-electron chi connectivity index (χ1n) is 11.9. The number of rotatable bonds is 15. The second kappa shape index (κ2) is 13.0.